The maximum absolute atomic E-state index is 11.7. The molecular formula is C28H20N4O4S2. The molecule has 0 saturated carbocycles. The molecule has 0 aliphatic carbocycles. The van der Waals surface area contributed by atoms with Gasteiger partial charge in [-0.3, -0.25) is 0 Å². The van der Waals surface area contributed by atoms with Gasteiger partial charge in [0.05, 0.1) is 10.6 Å². The van der Waals surface area contributed by atoms with Crippen LogP contribution in [0.1, 0.15) is 32.9 Å². The van der Waals surface area contributed by atoms with Gasteiger partial charge in [0.2, 0.25) is 15.2 Å². The van der Waals surface area contributed by atoms with Gasteiger partial charge in [0, 0.05) is 28.5 Å². The molecule has 38 heavy (non-hydrogen) atoms. The zero-order chi connectivity index (χ0) is 26.7. The number of carboxylic acid groups (broad SMARTS) is 1. The number of aromatic carboxylic acids is 1. The van der Waals surface area contributed by atoms with Gasteiger partial charge in [-0.05, 0) is 35.7 Å². The van der Waals surface area contributed by atoms with Crippen molar-refractivity contribution >= 4 is 27.3 Å². The number of hydrogen-bond acceptors (Lipinski definition) is 6. The monoisotopic (exact) mass is 540 g/mol. The van der Waals surface area contributed by atoms with E-state index in [1.54, 1.807) is 16.8 Å². The summed E-state index contributed by atoms with van der Waals surface area (Å²) in [7, 11) is -3.82. The summed E-state index contributed by atoms with van der Waals surface area (Å²) < 4.78 is 25.0. The van der Waals surface area contributed by atoms with Gasteiger partial charge >= 0.3 is 5.97 Å². The van der Waals surface area contributed by atoms with Crippen LogP contribution in [-0.4, -0.2) is 34.3 Å². The predicted octanol–water partition coefficient (Wildman–Crippen LogP) is 4.33. The van der Waals surface area contributed by atoms with Crippen LogP contribution in [0.3, 0.4) is 0 Å². The molecule has 3 aromatic carbocycles. The Morgan fingerprint density at radius 2 is 1.61 bits per heavy atom. The number of nitrogens with two attached hydrogens (primary N) is 1. The van der Waals surface area contributed by atoms with Gasteiger partial charge in [-0.25, -0.2) is 23.3 Å². The SMILES string of the molecule is NS(=O)(=O)c1ccc(Cc2c(-c3ccccc3)nn(-c3nc(C(=O)O)cs3)c2C#Cc2ccccc2)cc1. The average Bonchev–Trinajstić information content (AvgIpc) is 3.54. The molecule has 5 rings (SSSR count). The first-order valence-corrected chi connectivity index (χ1v) is 13.8. The Kier molecular flexibility index (Phi) is 6.89. The van der Waals surface area contributed by atoms with Gasteiger partial charge in [-0.2, -0.15) is 9.78 Å². The maximum atomic E-state index is 11.7. The van der Waals surface area contributed by atoms with E-state index >= 15 is 0 Å². The number of thiazole rings is 1. The minimum Gasteiger partial charge on any atom is -0.476 e. The van der Waals surface area contributed by atoms with E-state index in [9.17, 15) is 18.3 Å². The van der Waals surface area contributed by atoms with Gasteiger partial charge in [0.25, 0.3) is 0 Å². The van der Waals surface area contributed by atoms with E-state index < -0.39 is 16.0 Å². The topological polar surface area (TPSA) is 128 Å². The standard InChI is InChI=1S/C28H20N4O4S2/c29-38(35,36)22-14-11-20(12-15-22)17-23-25(16-13-19-7-3-1-4-8-19)32(28-30-24(18-37-28)27(33)34)31-26(23)21-9-5-2-6-10-21/h1-12,14-15,18H,17H2,(H,33,34)(H2,29,35,36). The Bertz CT molecular complexity index is 1780. The molecule has 0 unspecified atom stereocenters. The molecule has 3 N–H and O–H groups in total. The molecule has 8 nitrogen and oxygen atoms in total. The highest BCUT2D eigenvalue weighted by Crippen LogP contribution is 2.30. The van der Waals surface area contributed by atoms with E-state index in [1.807, 2.05) is 60.7 Å². The van der Waals surface area contributed by atoms with Crippen LogP contribution in [0.15, 0.2) is 95.2 Å². The summed E-state index contributed by atoms with van der Waals surface area (Å²) in [4.78, 5) is 15.8. The summed E-state index contributed by atoms with van der Waals surface area (Å²) >= 11 is 1.16. The van der Waals surface area contributed by atoms with Crippen LogP contribution >= 0.6 is 11.3 Å². The smallest absolute Gasteiger partial charge is 0.355 e. The molecular weight excluding hydrogens is 520 g/mol. The minimum absolute atomic E-state index is 0.0216. The zero-order valence-corrected chi connectivity index (χ0v) is 21.4. The fourth-order valence-corrected chi connectivity index (χ4v) is 5.10. The highest BCUT2D eigenvalue weighted by Gasteiger charge is 2.22. The summed E-state index contributed by atoms with van der Waals surface area (Å²) in [5.41, 5.74) is 4.39. The predicted molar refractivity (Wildman–Crippen MR) is 145 cm³/mol. The molecule has 5 aromatic rings. The number of nitrogens with zero attached hydrogens (tertiary/aromatic N) is 3. The van der Waals surface area contributed by atoms with E-state index in [-0.39, 0.29) is 10.6 Å². The second-order valence-electron chi connectivity index (χ2n) is 8.26. The number of carboxylic acids is 1. The molecule has 0 spiro atoms. The first kappa shape index (κ1) is 25.1. The highest BCUT2D eigenvalue weighted by atomic mass is 32.2. The fraction of sp³-hybridized carbons (Fsp3) is 0.0357. The van der Waals surface area contributed by atoms with Crippen molar-refractivity contribution in [3.8, 4) is 28.2 Å². The van der Waals surface area contributed by atoms with E-state index in [0.29, 0.717) is 22.9 Å². The Morgan fingerprint density at radius 1 is 0.947 bits per heavy atom. The molecule has 0 aliphatic rings. The van der Waals surface area contributed by atoms with Gasteiger partial charge < -0.3 is 5.11 Å². The summed E-state index contributed by atoms with van der Waals surface area (Å²) in [5.74, 6) is 5.28. The lowest BCUT2D eigenvalue weighted by molar-refractivity contribution is 0.0691. The molecule has 0 saturated heterocycles. The first-order valence-electron chi connectivity index (χ1n) is 11.3. The van der Waals surface area contributed by atoms with Crippen LogP contribution in [0.5, 0.6) is 0 Å². The van der Waals surface area contributed by atoms with E-state index in [4.69, 9.17) is 10.2 Å². The summed E-state index contributed by atoms with van der Waals surface area (Å²) in [6, 6.07) is 25.4. The second kappa shape index (κ2) is 10.4. The molecule has 0 aliphatic heterocycles. The Balaban J connectivity index is 1.71. The normalized spacial score (nSPS) is 11.1. The van der Waals surface area contributed by atoms with Crippen molar-refractivity contribution in [1.29, 1.82) is 0 Å². The van der Waals surface area contributed by atoms with Crippen LogP contribution in [0, 0.1) is 11.8 Å². The molecule has 0 amide bonds. The number of rotatable bonds is 6. The van der Waals surface area contributed by atoms with Crippen molar-refractivity contribution in [2.75, 3.05) is 0 Å². The molecule has 2 aromatic heterocycles. The summed E-state index contributed by atoms with van der Waals surface area (Å²) in [5, 5.41) is 21.3. The maximum Gasteiger partial charge on any atom is 0.355 e. The molecule has 10 heteroatoms. The molecule has 0 radical (unpaired) electrons. The minimum atomic E-state index is -3.82. The quantitative estimate of drug-likeness (QED) is 0.309. The average molecular weight is 541 g/mol. The van der Waals surface area contributed by atoms with Crippen LogP contribution in [0.4, 0.5) is 0 Å². The van der Waals surface area contributed by atoms with E-state index in [0.717, 1.165) is 33.6 Å². The van der Waals surface area contributed by atoms with E-state index in [2.05, 4.69) is 16.8 Å². The Morgan fingerprint density at radius 3 is 2.21 bits per heavy atom. The van der Waals surface area contributed by atoms with Gasteiger partial charge in [0.15, 0.2) is 5.69 Å². The van der Waals surface area contributed by atoms with Crippen molar-refractivity contribution in [3.63, 3.8) is 0 Å². The molecule has 188 valence electrons. The lowest BCUT2D eigenvalue weighted by atomic mass is 9.99. The number of carbonyl (C=O) groups is 1. The zero-order valence-electron chi connectivity index (χ0n) is 19.8. The van der Waals surface area contributed by atoms with Gasteiger partial charge in [-0.15, -0.1) is 11.3 Å². The first-order chi connectivity index (χ1) is 18.3. The van der Waals surface area contributed by atoms with Crippen molar-refractivity contribution in [1.82, 2.24) is 14.8 Å². The van der Waals surface area contributed by atoms with Crippen LogP contribution in [0.25, 0.3) is 16.4 Å². The van der Waals surface area contributed by atoms with Crippen molar-refractivity contribution in [2.45, 2.75) is 11.3 Å². The molecule has 0 fully saturated rings. The third-order valence-corrected chi connectivity index (χ3v) is 7.40. The number of hydrogen-bond donors (Lipinski definition) is 2. The lowest BCUT2D eigenvalue weighted by Gasteiger charge is -2.06. The Labute approximate surface area is 223 Å². The lowest BCUT2D eigenvalue weighted by Crippen LogP contribution is -2.11. The molecule has 0 bridgehead atoms. The van der Waals surface area contributed by atoms with Crippen molar-refractivity contribution < 1.29 is 18.3 Å². The third-order valence-electron chi connectivity index (χ3n) is 5.65. The number of sulfonamides is 1. The number of benzene rings is 3. The Hall–Kier alpha value is -4.56. The van der Waals surface area contributed by atoms with Crippen molar-refractivity contribution in [2.24, 2.45) is 5.14 Å². The van der Waals surface area contributed by atoms with Crippen molar-refractivity contribution in [3.05, 3.63) is 118 Å². The van der Waals surface area contributed by atoms with E-state index in [1.165, 1.54) is 17.5 Å². The van der Waals surface area contributed by atoms with Crippen LogP contribution < -0.4 is 5.14 Å². The van der Waals surface area contributed by atoms with Crippen LogP contribution in [0.2, 0.25) is 0 Å². The largest absolute Gasteiger partial charge is 0.476 e. The molecule has 0 atom stereocenters. The second-order valence-corrected chi connectivity index (χ2v) is 10.7. The number of primary sulfonamides is 1. The summed E-state index contributed by atoms with van der Waals surface area (Å²) in [6.45, 7) is 0. The third kappa shape index (κ3) is 5.40. The molecule has 2 heterocycles. The fourth-order valence-electron chi connectivity index (χ4n) is 3.83. The van der Waals surface area contributed by atoms with Gasteiger partial charge in [-0.1, -0.05) is 66.6 Å². The summed E-state index contributed by atoms with van der Waals surface area (Å²) in [6.07, 6.45) is 0.380. The number of aromatic nitrogens is 3. The van der Waals surface area contributed by atoms with Crippen LogP contribution in [-0.2, 0) is 16.4 Å². The highest BCUT2D eigenvalue weighted by molar-refractivity contribution is 7.89. The van der Waals surface area contributed by atoms with Gasteiger partial charge in [0.1, 0.15) is 5.69 Å².